The Hall–Kier alpha value is -2.59. The second-order valence-electron chi connectivity index (χ2n) is 6.27. The zero-order valence-electron chi connectivity index (χ0n) is 13.5. The molecule has 0 aliphatic heterocycles. The van der Waals surface area contributed by atoms with Crippen molar-refractivity contribution in [2.75, 3.05) is 7.11 Å². The van der Waals surface area contributed by atoms with Crippen molar-refractivity contribution < 1.29 is 14.9 Å². The third-order valence-electron chi connectivity index (χ3n) is 4.58. The molecule has 0 radical (unpaired) electrons. The molecule has 1 aliphatic carbocycles. The molecule has 0 atom stereocenters. The summed E-state index contributed by atoms with van der Waals surface area (Å²) in [6.07, 6.45) is 2.42. The zero-order chi connectivity index (χ0) is 16.7. The number of pyridine rings is 1. The molecule has 4 nitrogen and oxygen atoms in total. The highest BCUT2D eigenvalue weighted by Gasteiger charge is 2.26. The van der Waals surface area contributed by atoms with Crippen LogP contribution in [0.1, 0.15) is 29.9 Å². The smallest absolute Gasteiger partial charge is 0.161 e. The van der Waals surface area contributed by atoms with Crippen molar-refractivity contribution in [2.24, 2.45) is 0 Å². The summed E-state index contributed by atoms with van der Waals surface area (Å²) in [4.78, 5) is 4.78. The van der Waals surface area contributed by atoms with Gasteiger partial charge in [0, 0.05) is 10.9 Å². The van der Waals surface area contributed by atoms with Crippen molar-refractivity contribution in [1.82, 2.24) is 4.98 Å². The molecule has 3 aromatic rings. The Kier molecular flexibility index (Phi) is 3.62. The van der Waals surface area contributed by atoms with E-state index in [2.05, 4.69) is 12.1 Å². The van der Waals surface area contributed by atoms with Gasteiger partial charge in [-0.05, 0) is 60.2 Å². The first-order chi connectivity index (χ1) is 11.7. The first-order valence-electron chi connectivity index (χ1n) is 8.11. The lowest BCUT2D eigenvalue weighted by molar-refractivity contribution is 0.282. The minimum Gasteiger partial charge on any atom is -0.504 e. The maximum absolute atomic E-state index is 9.80. The van der Waals surface area contributed by atoms with E-state index in [1.807, 2.05) is 18.2 Å². The highest BCUT2D eigenvalue weighted by Crippen LogP contribution is 2.44. The molecule has 4 rings (SSSR count). The van der Waals surface area contributed by atoms with Crippen LogP contribution in [0.15, 0.2) is 42.5 Å². The normalized spacial score (nSPS) is 14.1. The molecule has 24 heavy (non-hydrogen) atoms. The molecular weight excluding hydrogens is 302 g/mol. The lowest BCUT2D eigenvalue weighted by atomic mass is 9.99. The number of rotatable bonds is 4. The number of hydrogen-bond donors (Lipinski definition) is 2. The number of benzene rings is 2. The van der Waals surface area contributed by atoms with Gasteiger partial charge in [-0.15, -0.1) is 0 Å². The summed E-state index contributed by atoms with van der Waals surface area (Å²) in [6.45, 7) is 0.00758. The molecule has 2 aromatic carbocycles. The van der Waals surface area contributed by atoms with Crippen LogP contribution in [0.3, 0.4) is 0 Å². The highest BCUT2D eigenvalue weighted by molar-refractivity contribution is 5.87. The standard InChI is InChI=1S/C20H19NO3/c1-24-20-9-14(5-7-19(20)23)17-10-16(13-3-4-13)15-6-2-12(11-22)8-18(15)21-17/h2,5-10,13,22-23H,3-4,11H2,1H3. The Morgan fingerprint density at radius 3 is 2.67 bits per heavy atom. The van der Waals surface area contributed by atoms with Gasteiger partial charge < -0.3 is 14.9 Å². The quantitative estimate of drug-likeness (QED) is 0.763. The SMILES string of the molecule is COc1cc(-c2cc(C3CC3)c3ccc(CO)cc3n2)ccc1O. The van der Waals surface area contributed by atoms with Gasteiger partial charge in [0.1, 0.15) is 0 Å². The van der Waals surface area contributed by atoms with Gasteiger partial charge in [-0.25, -0.2) is 4.98 Å². The Labute approximate surface area is 140 Å². The van der Waals surface area contributed by atoms with Crippen LogP contribution in [0.5, 0.6) is 11.5 Å². The first-order valence-corrected chi connectivity index (χ1v) is 8.11. The zero-order valence-corrected chi connectivity index (χ0v) is 13.5. The van der Waals surface area contributed by atoms with Crippen molar-refractivity contribution in [3.63, 3.8) is 0 Å². The fourth-order valence-corrected chi connectivity index (χ4v) is 3.12. The molecular formula is C20H19NO3. The second kappa shape index (κ2) is 5.80. The molecule has 1 heterocycles. The third kappa shape index (κ3) is 2.59. The average Bonchev–Trinajstić information content (AvgIpc) is 3.45. The number of ether oxygens (including phenoxy) is 1. The topological polar surface area (TPSA) is 62.6 Å². The fourth-order valence-electron chi connectivity index (χ4n) is 3.12. The maximum atomic E-state index is 9.80. The van der Waals surface area contributed by atoms with Gasteiger partial charge in [0.25, 0.3) is 0 Å². The van der Waals surface area contributed by atoms with Crippen molar-refractivity contribution in [2.45, 2.75) is 25.4 Å². The number of aromatic nitrogens is 1. The summed E-state index contributed by atoms with van der Waals surface area (Å²) in [6, 6.07) is 13.4. The number of hydrogen-bond acceptors (Lipinski definition) is 4. The van der Waals surface area contributed by atoms with Crippen LogP contribution in [0.25, 0.3) is 22.2 Å². The van der Waals surface area contributed by atoms with E-state index in [0.29, 0.717) is 11.7 Å². The number of aliphatic hydroxyl groups is 1. The van der Waals surface area contributed by atoms with E-state index in [0.717, 1.165) is 27.7 Å². The molecule has 1 saturated carbocycles. The van der Waals surface area contributed by atoms with Crippen LogP contribution in [-0.2, 0) is 6.61 Å². The van der Waals surface area contributed by atoms with Crippen molar-refractivity contribution in [3.05, 3.63) is 53.6 Å². The van der Waals surface area contributed by atoms with Crippen molar-refractivity contribution >= 4 is 10.9 Å². The molecule has 122 valence electrons. The monoisotopic (exact) mass is 321 g/mol. The van der Waals surface area contributed by atoms with Gasteiger partial charge in [-0.1, -0.05) is 12.1 Å². The van der Waals surface area contributed by atoms with E-state index >= 15 is 0 Å². The summed E-state index contributed by atoms with van der Waals surface area (Å²) < 4.78 is 5.21. The van der Waals surface area contributed by atoms with Crippen LogP contribution in [0.4, 0.5) is 0 Å². The minimum atomic E-state index is 0.00758. The highest BCUT2D eigenvalue weighted by atomic mass is 16.5. The molecule has 0 amide bonds. The van der Waals surface area contributed by atoms with E-state index in [1.165, 1.54) is 25.5 Å². The third-order valence-corrected chi connectivity index (χ3v) is 4.58. The van der Waals surface area contributed by atoms with E-state index in [-0.39, 0.29) is 12.4 Å². The van der Waals surface area contributed by atoms with Gasteiger partial charge in [0.2, 0.25) is 0 Å². The van der Waals surface area contributed by atoms with Gasteiger partial charge in [0.05, 0.1) is 24.9 Å². The molecule has 1 aliphatic rings. The summed E-state index contributed by atoms with van der Waals surface area (Å²) >= 11 is 0. The van der Waals surface area contributed by atoms with Crippen molar-refractivity contribution in [1.29, 1.82) is 0 Å². The van der Waals surface area contributed by atoms with E-state index in [4.69, 9.17) is 9.72 Å². The number of aromatic hydroxyl groups is 1. The summed E-state index contributed by atoms with van der Waals surface area (Å²) in [5.41, 5.74) is 4.83. The van der Waals surface area contributed by atoms with E-state index < -0.39 is 0 Å². The molecule has 2 N–H and O–H groups in total. The fraction of sp³-hybridized carbons (Fsp3) is 0.250. The number of methoxy groups -OCH3 is 1. The number of phenols is 1. The van der Waals surface area contributed by atoms with Gasteiger partial charge >= 0.3 is 0 Å². The Morgan fingerprint density at radius 1 is 1.12 bits per heavy atom. The van der Waals surface area contributed by atoms with E-state index in [9.17, 15) is 10.2 Å². The summed E-state index contributed by atoms with van der Waals surface area (Å²) in [5.74, 6) is 1.15. The molecule has 1 aromatic heterocycles. The Bertz CT molecular complexity index is 916. The van der Waals surface area contributed by atoms with Crippen LogP contribution in [-0.4, -0.2) is 22.3 Å². The summed E-state index contributed by atoms with van der Waals surface area (Å²) in [5, 5.41) is 20.4. The minimum absolute atomic E-state index is 0.00758. The van der Waals surface area contributed by atoms with Crippen LogP contribution < -0.4 is 4.74 Å². The molecule has 1 fully saturated rings. The van der Waals surface area contributed by atoms with Crippen LogP contribution in [0.2, 0.25) is 0 Å². The second-order valence-corrected chi connectivity index (χ2v) is 6.27. The lowest BCUT2D eigenvalue weighted by Crippen LogP contribution is -1.94. The van der Waals surface area contributed by atoms with Gasteiger partial charge in [-0.3, -0.25) is 0 Å². The predicted molar refractivity (Wildman–Crippen MR) is 93.3 cm³/mol. The molecule has 4 heteroatoms. The number of aliphatic hydroxyl groups excluding tert-OH is 1. The van der Waals surface area contributed by atoms with Crippen molar-refractivity contribution in [3.8, 4) is 22.8 Å². The average molecular weight is 321 g/mol. The Morgan fingerprint density at radius 2 is 1.96 bits per heavy atom. The van der Waals surface area contributed by atoms with Crippen LogP contribution >= 0.6 is 0 Å². The number of phenolic OH excluding ortho intramolecular Hbond substituents is 1. The number of fused-ring (bicyclic) bond motifs is 1. The van der Waals surface area contributed by atoms with Gasteiger partial charge in [0.15, 0.2) is 11.5 Å². The van der Waals surface area contributed by atoms with Gasteiger partial charge in [-0.2, -0.15) is 0 Å². The Balaban J connectivity index is 1.91. The largest absolute Gasteiger partial charge is 0.504 e. The molecule has 0 unspecified atom stereocenters. The molecule has 0 saturated heterocycles. The predicted octanol–water partition coefficient (Wildman–Crippen LogP) is 3.99. The van der Waals surface area contributed by atoms with Crippen LogP contribution in [0, 0.1) is 0 Å². The maximum Gasteiger partial charge on any atom is 0.161 e. The molecule has 0 bridgehead atoms. The van der Waals surface area contributed by atoms with E-state index in [1.54, 1.807) is 12.1 Å². The first kappa shape index (κ1) is 15.0. The summed E-state index contributed by atoms with van der Waals surface area (Å²) in [7, 11) is 1.54. The molecule has 0 spiro atoms. The number of nitrogens with zero attached hydrogens (tertiary/aromatic N) is 1. The lowest BCUT2D eigenvalue weighted by Gasteiger charge is -2.11.